The average molecular weight is 232 g/mol. The third kappa shape index (κ3) is 7.68. The molecule has 0 radical (unpaired) electrons. The molecule has 1 unspecified atom stereocenters. The van der Waals surface area contributed by atoms with E-state index in [0.29, 0.717) is 5.75 Å². The number of amides is 1. The summed E-state index contributed by atoms with van der Waals surface area (Å²) >= 11 is 4.17. The molecule has 1 atom stereocenters. The van der Waals surface area contributed by atoms with Crippen LogP contribution in [-0.4, -0.2) is 30.8 Å². The molecule has 0 aliphatic heterocycles. The van der Waals surface area contributed by atoms with Gasteiger partial charge in [0.15, 0.2) is 0 Å². The maximum atomic E-state index is 11.6. The number of carbonyl (C=O) groups excluding carboxylic acids is 1. The Bertz CT molecular complexity index is 165. The minimum atomic E-state index is -0.144. The van der Waals surface area contributed by atoms with E-state index in [-0.39, 0.29) is 11.9 Å². The minimum absolute atomic E-state index is 0.0783. The molecular formula is C11H24N2OS. The lowest BCUT2D eigenvalue weighted by molar-refractivity contribution is -0.122. The summed E-state index contributed by atoms with van der Waals surface area (Å²) in [5, 5.41) is 6.10. The van der Waals surface area contributed by atoms with Crippen molar-refractivity contribution in [2.75, 3.05) is 18.8 Å². The molecule has 0 aliphatic carbocycles. The zero-order valence-electron chi connectivity index (χ0n) is 9.88. The Morgan fingerprint density at radius 2 is 1.93 bits per heavy atom. The standard InChI is InChI=1S/C11H24N2OS/c1-3-5-6-8-13-11(14)10(9-15)12-7-4-2/h10,12,15H,3-9H2,1-2H3,(H,13,14). The second kappa shape index (κ2) is 10.3. The zero-order chi connectivity index (χ0) is 11.5. The third-order valence-corrected chi connectivity index (χ3v) is 2.58. The van der Waals surface area contributed by atoms with Gasteiger partial charge >= 0.3 is 0 Å². The van der Waals surface area contributed by atoms with Crippen LogP contribution < -0.4 is 10.6 Å². The third-order valence-electron chi connectivity index (χ3n) is 2.22. The predicted molar refractivity (Wildman–Crippen MR) is 68.5 cm³/mol. The van der Waals surface area contributed by atoms with Gasteiger partial charge in [0.2, 0.25) is 5.91 Å². The van der Waals surface area contributed by atoms with Crippen molar-refractivity contribution in [2.45, 2.75) is 45.6 Å². The van der Waals surface area contributed by atoms with Crippen molar-refractivity contribution in [1.29, 1.82) is 0 Å². The predicted octanol–water partition coefficient (Wildman–Crippen LogP) is 1.59. The monoisotopic (exact) mass is 232 g/mol. The van der Waals surface area contributed by atoms with Gasteiger partial charge in [0.25, 0.3) is 0 Å². The van der Waals surface area contributed by atoms with Crippen LogP contribution in [0, 0.1) is 0 Å². The van der Waals surface area contributed by atoms with Crippen molar-refractivity contribution in [3.63, 3.8) is 0 Å². The second-order valence-corrected chi connectivity index (χ2v) is 4.05. The average Bonchev–Trinajstić information content (AvgIpc) is 2.25. The van der Waals surface area contributed by atoms with Crippen LogP contribution in [0.1, 0.15) is 39.5 Å². The lowest BCUT2D eigenvalue weighted by Gasteiger charge is -2.15. The molecule has 0 fully saturated rings. The normalized spacial score (nSPS) is 12.5. The Morgan fingerprint density at radius 3 is 2.47 bits per heavy atom. The first-order valence-corrected chi connectivity index (χ1v) is 6.51. The molecule has 1 amide bonds. The van der Waals surface area contributed by atoms with Crippen molar-refractivity contribution in [3.8, 4) is 0 Å². The van der Waals surface area contributed by atoms with Gasteiger partial charge in [-0.25, -0.2) is 0 Å². The summed E-state index contributed by atoms with van der Waals surface area (Å²) in [6.45, 7) is 5.89. The molecular weight excluding hydrogens is 208 g/mol. The number of thiol groups is 1. The van der Waals surface area contributed by atoms with E-state index in [0.717, 1.165) is 25.9 Å². The summed E-state index contributed by atoms with van der Waals surface area (Å²) in [6, 6.07) is -0.144. The smallest absolute Gasteiger partial charge is 0.237 e. The van der Waals surface area contributed by atoms with Crippen molar-refractivity contribution in [1.82, 2.24) is 10.6 Å². The molecule has 0 aromatic rings. The van der Waals surface area contributed by atoms with E-state index in [4.69, 9.17) is 0 Å². The van der Waals surface area contributed by atoms with Crippen molar-refractivity contribution in [2.24, 2.45) is 0 Å². The van der Waals surface area contributed by atoms with E-state index in [1.807, 2.05) is 0 Å². The molecule has 90 valence electrons. The van der Waals surface area contributed by atoms with E-state index >= 15 is 0 Å². The number of rotatable bonds is 9. The maximum absolute atomic E-state index is 11.6. The summed E-state index contributed by atoms with van der Waals surface area (Å²) in [7, 11) is 0. The van der Waals surface area contributed by atoms with Crippen LogP contribution in [0.4, 0.5) is 0 Å². The zero-order valence-corrected chi connectivity index (χ0v) is 10.8. The fourth-order valence-electron chi connectivity index (χ4n) is 1.27. The molecule has 4 heteroatoms. The van der Waals surface area contributed by atoms with Gasteiger partial charge in [-0.1, -0.05) is 26.7 Å². The van der Waals surface area contributed by atoms with Gasteiger partial charge in [-0.3, -0.25) is 4.79 Å². The van der Waals surface area contributed by atoms with Crippen molar-refractivity contribution >= 4 is 18.5 Å². The molecule has 0 heterocycles. The summed E-state index contributed by atoms with van der Waals surface area (Å²) in [6.07, 6.45) is 4.46. The van der Waals surface area contributed by atoms with Crippen molar-refractivity contribution in [3.05, 3.63) is 0 Å². The number of nitrogens with one attached hydrogen (secondary N) is 2. The highest BCUT2D eigenvalue weighted by molar-refractivity contribution is 7.80. The van der Waals surface area contributed by atoms with Crippen LogP contribution in [-0.2, 0) is 4.79 Å². The number of hydrogen-bond donors (Lipinski definition) is 3. The maximum Gasteiger partial charge on any atom is 0.237 e. The Hall–Kier alpha value is -0.220. The number of unbranched alkanes of at least 4 members (excludes halogenated alkanes) is 2. The second-order valence-electron chi connectivity index (χ2n) is 3.69. The Morgan fingerprint density at radius 1 is 1.20 bits per heavy atom. The minimum Gasteiger partial charge on any atom is -0.355 e. The molecule has 0 aromatic carbocycles. The van der Waals surface area contributed by atoms with Crippen LogP contribution in [0.25, 0.3) is 0 Å². The highest BCUT2D eigenvalue weighted by atomic mass is 32.1. The lowest BCUT2D eigenvalue weighted by atomic mass is 10.2. The summed E-state index contributed by atoms with van der Waals surface area (Å²) in [5.41, 5.74) is 0. The fourth-order valence-corrected chi connectivity index (χ4v) is 1.56. The highest BCUT2D eigenvalue weighted by Crippen LogP contribution is 1.93. The van der Waals surface area contributed by atoms with Gasteiger partial charge < -0.3 is 10.6 Å². The largest absolute Gasteiger partial charge is 0.355 e. The number of hydrogen-bond acceptors (Lipinski definition) is 3. The summed E-state index contributed by atoms with van der Waals surface area (Å²) in [4.78, 5) is 11.6. The van der Waals surface area contributed by atoms with E-state index in [1.54, 1.807) is 0 Å². The van der Waals surface area contributed by atoms with Crippen LogP contribution >= 0.6 is 12.6 Å². The quantitative estimate of drug-likeness (QED) is 0.417. The van der Waals surface area contributed by atoms with E-state index in [1.165, 1.54) is 12.8 Å². The molecule has 0 saturated carbocycles. The first kappa shape index (κ1) is 14.8. The summed E-state index contributed by atoms with van der Waals surface area (Å²) < 4.78 is 0. The Kier molecular flexibility index (Phi) is 10.2. The molecule has 0 saturated heterocycles. The van der Waals surface area contributed by atoms with Gasteiger partial charge in [0, 0.05) is 12.3 Å². The molecule has 3 nitrogen and oxygen atoms in total. The first-order valence-electron chi connectivity index (χ1n) is 5.88. The number of carbonyl (C=O) groups is 1. The van der Waals surface area contributed by atoms with Crippen LogP contribution in [0.2, 0.25) is 0 Å². The van der Waals surface area contributed by atoms with Gasteiger partial charge in [0.1, 0.15) is 0 Å². The first-order chi connectivity index (χ1) is 7.26. The molecule has 0 aromatic heterocycles. The van der Waals surface area contributed by atoms with E-state index in [2.05, 4.69) is 37.1 Å². The van der Waals surface area contributed by atoms with Crippen molar-refractivity contribution < 1.29 is 4.79 Å². The summed E-state index contributed by atoms with van der Waals surface area (Å²) in [5.74, 6) is 0.633. The molecule has 0 bridgehead atoms. The lowest BCUT2D eigenvalue weighted by Crippen LogP contribution is -2.46. The molecule has 0 spiro atoms. The van der Waals surface area contributed by atoms with Crippen LogP contribution in [0.15, 0.2) is 0 Å². The van der Waals surface area contributed by atoms with Crippen LogP contribution in [0.3, 0.4) is 0 Å². The van der Waals surface area contributed by atoms with Gasteiger partial charge in [-0.15, -0.1) is 0 Å². The molecule has 0 aliphatic rings. The Labute approximate surface area is 98.8 Å². The van der Waals surface area contributed by atoms with Crippen LogP contribution in [0.5, 0.6) is 0 Å². The molecule has 0 rings (SSSR count). The topological polar surface area (TPSA) is 41.1 Å². The van der Waals surface area contributed by atoms with E-state index in [9.17, 15) is 4.79 Å². The molecule has 2 N–H and O–H groups in total. The Balaban J connectivity index is 3.63. The highest BCUT2D eigenvalue weighted by Gasteiger charge is 2.14. The molecule has 15 heavy (non-hydrogen) atoms. The van der Waals surface area contributed by atoms with Gasteiger partial charge in [0.05, 0.1) is 6.04 Å². The van der Waals surface area contributed by atoms with Gasteiger partial charge in [-0.2, -0.15) is 12.6 Å². The SMILES string of the molecule is CCCCCNC(=O)C(CS)NCCC. The van der Waals surface area contributed by atoms with Gasteiger partial charge in [-0.05, 0) is 19.4 Å². The van der Waals surface area contributed by atoms with E-state index < -0.39 is 0 Å². The fraction of sp³-hybridized carbons (Fsp3) is 0.909.